The summed E-state index contributed by atoms with van der Waals surface area (Å²) in [5.41, 5.74) is 3.76. The zero-order valence-corrected chi connectivity index (χ0v) is 15.7. The van der Waals surface area contributed by atoms with Crippen LogP contribution in [0.3, 0.4) is 0 Å². The largest absolute Gasteiger partial charge is 0.309 e. The number of carbonyl (C=O) groups is 1. The first-order chi connectivity index (χ1) is 13.2. The Bertz CT molecular complexity index is 1070. The second kappa shape index (κ2) is 7.68. The van der Waals surface area contributed by atoms with Crippen LogP contribution in [0.2, 0.25) is 0 Å². The molecule has 0 saturated heterocycles. The zero-order valence-electron chi connectivity index (χ0n) is 14.9. The Morgan fingerprint density at radius 3 is 2.52 bits per heavy atom. The molecule has 2 aromatic carbocycles. The third-order valence-corrected chi connectivity index (χ3v) is 5.24. The number of anilines is 1. The van der Waals surface area contributed by atoms with E-state index in [1.165, 1.54) is 17.3 Å². The maximum Gasteiger partial charge on any atom is 0.235 e. The van der Waals surface area contributed by atoms with Crippen LogP contribution >= 0.6 is 11.8 Å². The molecule has 0 spiro atoms. The van der Waals surface area contributed by atoms with Gasteiger partial charge in [-0.15, -0.1) is 11.8 Å². The summed E-state index contributed by atoms with van der Waals surface area (Å²) in [6, 6.07) is 23.9. The number of fused-ring (bicyclic) bond motifs is 1. The molecule has 0 radical (unpaired) electrons. The summed E-state index contributed by atoms with van der Waals surface area (Å²) in [4.78, 5) is 18.4. The molecule has 0 aliphatic heterocycles. The molecule has 4 nitrogen and oxygen atoms in total. The molecule has 1 N–H and O–H groups in total. The van der Waals surface area contributed by atoms with Gasteiger partial charge >= 0.3 is 0 Å². The first kappa shape index (κ1) is 17.4. The number of nitrogens with zero attached hydrogens (tertiary/aromatic N) is 2. The van der Waals surface area contributed by atoms with Crippen molar-refractivity contribution in [2.24, 2.45) is 0 Å². The van der Waals surface area contributed by atoms with Crippen LogP contribution in [0.4, 0.5) is 5.82 Å². The lowest BCUT2D eigenvalue weighted by atomic mass is 10.1. The molecule has 0 aliphatic rings. The Balaban J connectivity index is 1.59. The summed E-state index contributed by atoms with van der Waals surface area (Å²) in [5, 5.41) is 3.05. The second-order valence-corrected chi connectivity index (χ2v) is 7.30. The molecule has 0 unspecified atom stereocenters. The molecule has 4 rings (SSSR count). The van der Waals surface area contributed by atoms with Crippen molar-refractivity contribution in [1.82, 2.24) is 9.38 Å². The average molecular weight is 373 g/mol. The van der Waals surface area contributed by atoms with E-state index in [2.05, 4.69) is 24.4 Å². The van der Waals surface area contributed by atoms with E-state index in [9.17, 15) is 4.79 Å². The molecule has 134 valence electrons. The van der Waals surface area contributed by atoms with Gasteiger partial charge in [0.25, 0.3) is 0 Å². The van der Waals surface area contributed by atoms with E-state index >= 15 is 0 Å². The fraction of sp³-hybridized carbons (Fsp3) is 0.0909. The van der Waals surface area contributed by atoms with Gasteiger partial charge in [0.15, 0.2) is 0 Å². The number of hydrogen-bond donors (Lipinski definition) is 1. The van der Waals surface area contributed by atoms with Crippen molar-refractivity contribution in [1.29, 1.82) is 0 Å². The van der Waals surface area contributed by atoms with Crippen molar-refractivity contribution in [3.8, 4) is 11.3 Å². The summed E-state index contributed by atoms with van der Waals surface area (Å²) >= 11 is 1.52. The monoisotopic (exact) mass is 373 g/mol. The SMILES string of the molecule is Cc1ccc(SCC(=O)Nc2c(-c3ccccc3)nc3ccccn23)cc1. The van der Waals surface area contributed by atoms with Gasteiger partial charge in [0.1, 0.15) is 17.2 Å². The Kier molecular flexibility index (Phi) is 4.94. The van der Waals surface area contributed by atoms with E-state index in [1.807, 2.05) is 71.3 Å². The maximum atomic E-state index is 12.6. The van der Waals surface area contributed by atoms with Gasteiger partial charge in [-0.25, -0.2) is 4.98 Å². The predicted octanol–water partition coefficient (Wildman–Crippen LogP) is 5.04. The van der Waals surface area contributed by atoms with E-state index in [-0.39, 0.29) is 5.91 Å². The van der Waals surface area contributed by atoms with Crippen LogP contribution in [0, 0.1) is 6.92 Å². The van der Waals surface area contributed by atoms with Crippen molar-refractivity contribution in [2.75, 3.05) is 11.1 Å². The number of pyridine rings is 1. The minimum atomic E-state index is -0.0524. The van der Waals surface area contributed by atoms with Crippen molar-refractivity contribution in [3.63, 3.8) is 0 Å². The quantitative estimate of drug-likeness (QED) is 0.499. The van der Waals surface area contributed by atoms with Crippen molar-refractivity contribution >= 4 is 29.1 Å². The molecule has 5 heteroatoms. The topological polar surface area (TPSA) is 46.4 Å². The normalized spacial score (nSPS) is 10.9. The second-order valence-electron chi connectivity index (χ2n) is 6.25. The Morgan fingerprint density at radius 2 is 1.74 bits per heavy atom. The predicted molar refractivity (Wildman–Crippen MR) is 111 cm³/mol. The molecule has 0 aliphatic carbocycles. The van der Waals surface area contributed by atoms with Gasteiger partial charge in [0, 0.05) is 16.7 Å². The summed E-state index contributed by atoms with van der Waals surface area (Å²) < 4.78 is 1.91. The van der Waals surface area contributed by atoms with Crippen molar-refractivity contribution < 1.29 is 4.79 Å². The smallest absolute Gasteiger partial charge is 0.235 e. The molecule has 0 saturated carbocycles. The van der Waals surface area contributed by atoms with Crippen LogP contribution in [-0.2, 0) is 4.79 Å². The molecule has 2 heterocycles. The highest BCUT2D eigenvalue weighted by molar-refractivity contribution is 8.00. The number of imidazole rings is 1. The van der Waals surface area contributed by atoms with Gasteiger partial charge in [-0.05, 0) is 31.2 Å². The van der Waals surface area contributed by atoms with Crippen LogP contribution < -0.4 is 5.32 Å². The lowest BCUT2D eigenvalue weighted by Crippen LogP contribution is -2.16. The first-order valence-electron chi connectivity index (χ1n) is 8.72. The van der Waals surface area contributed by atoms with Crippen LogP contribution in [0.5, 0.6) is 0 Å². The lowest BCUT2D eigenvalue weighted by molar-refractivity contribution is -0.113. The molecule has 0 atom stereocenters. The Morgan fingerprint density at radius 1 is 1.00 bits per heavy atom. The number of carbonyl (C=O) groups excluding carboxylic acids is 1. The summed E-state index contributed by atoms with van der Waals surface area (Å²) in [6.07, 6.45) is 1.91. The number of amides is 1. The number of hydrogen-bond acceptors (Lipinski definition) is 3. The van der Waals surface area contributed by atoms with Crippen LogP contribution in [-0.4, -0.2) is 21.0 Å². The number of thioether (sulfide) groups is 1. The molecule has 2 aromatic heterocycles. The Hall–Kier alpha value is -3.05. The fourth-order valence-electron chi connectivity index (χ4n) is 2.86. The van der Waals surface area contributed by atoms with Gasteiger partial charge < -0.3 is 5.32 Å². The van der Waals surface area contributed by atoms with E-state index < -0.39 is 0 Å². The van der Waals surface area contributed by atoms with Crippen molar-refractivity contribution in [2.45, 2.75) is 11.8 Å². The zero-order chi connectivity index (χ0) is 18.6. The number of nitrogens with one attached hydrogen (secondary N) is 1. The van der Waals surface area contributed by atoms with Crippen LogP contribution in [0.1, 0.15) is 5.56 Å². The van der Waals surface area contributed by atoms with Gasteiger partial charge in [0.05, 0.1) is 5.75 Å². The van der Waals surface area contributed by atoms with Crippen LogP contribution in [0.15, 0.2) is 83.9 Å². The molecule has 0 fully saturated rings. The fourth-order valence-corrected chi connectivity index (χ4v) is 3.56. The highest BCUT2D eigenvalue weighted by Gasteiger charge is 2.16. The van der Waals surface area contributed by atoms with Gasteiger partial charge in [-0.2, -0.15) is 0 Å². The minimum Gasteiger partial charge on any atom is -0.309 e. The van der Waals surface area contributed by atoms with Crippen molar-refractivity contribution in [3.05, 3.63) is 84.6 Å². The van der Waals surface area contributed by atoms with Gasteiger partial charge in [-0.3, -0.25) is 9.20 Å². The minimum absolute atomic E-state index is 0.0524. The standard InChI is InChI=1S/C22H19N3OS/c1-16-10-12-18(13-11-16)27-15-20(26)24-22-21(17-7-3-2-4-8-17)23-19-9-5-6-14-25(19)22/h2-14H,15H2,1H3,(H,24,26). The van der Waals surface area contributed by atoms with Crippen LogP contribution in [0.25, 0.3) is 16.9 Å². The highest BCUT2D eigenvalue weighted by Crippen LogP contribution is 2.29. The third kappa shape index (κ3) is 3.88. The molecule has 0 bridgehead atoms. The number of aromatic nitrogens is 2. The van der Waals surface area contributed by atoms with E-state index in [0.717, 1.165) is 21.8 Å². The molecular weight excluding hydrogens is 354 g/mol. The number of benzene rings is 2. The maximum absolute atomic E-state index is 12.6. The average Bonchev–Trinajstić information content (AvgIpc) is 3.07. The lowest BCUT2D eigenvalue weighted by Gasteiger charge is -2.08. The molecule has 1 amide bonds. The van der Waals surface area contributed by atoms with E-state index in [4.69, 9.17) is 4.98 Å². The molecular formula is C22H19N3OS. The summed E-state index contributed by atoms with van der Waals surface area (Å²) in [7, 11) is 0. The Labute approximate surface area is 162 Å². The summed E-state index contributed by atoms with van der Waals surface area (Å²) in [5.74, 6) is 0.992. The first-order valence-corrected chi connectivity index (χ1v) is 9.71. The van der Waals surface area contributed by atoms with Gasteiger partial charge in [0.2, 0.25) is 5.91 Å². The van der Waals surface area contributed by atoms with Gasteiger partial charge in [-0.1, -0.05) is 54.1 Å². The summed E-state index contributed by atoms with van der Waals surface area (Å²) in [6.45, 7) is 2.05. The number of rotatable bonds is 5. The highest BCUT2D eigenvalue weighted by atomic mass is 32.2. The third-order valence-electron chi connectivity index (χ3n) is 4.23. The molecule has 4 aromatic rings. The number of aryl methyl sites for hydroxylation is 1. The van der Waals surface area contributed by atoms with E-state index in [1.54, 1.807) is 0 Å². The van der Waals surface area contributed by atoms with E-state index in [0.29, 0.717) is 11.6 Å². The molecule has 27 heavy (non-hydrogen) atoms.